The fourth-order valence-corrected chi connectivity index (χ4v) is 2.71. The van der Waals surface area contributed by atoms with Gasteiger partial charge in [0.25, 0.3) is 5.91 Å². The summed E-state index contributed by atoms with van der Waals surface area (Å²) in [5, 5.41) is 3.31. The highest BCUT2D eigenvalue weighted by Gasteiger charge is 2.27. The molecule has 4 nitrogen and oxygen atoms in total. The van der Waals surface area contributed by atoms with Gasteiger partial charge in [-0.3, -0.25) is 4.79 Å². The number of hydrogen-bond donors (Lipinski definition) is 1. The third kappa shape index (κ3) is 1.97. The Hall–Kier alpha value is -1.55. The molecule has 0 aromatic heterocycles. The number of methoxy groups -OCH3 is 1. The lowest BCUT2D eigenvalue weighted by molar-refractivity contribution is 0.0724. The number of carbonyl (C=O) groups is 1. The van der Waals surface area contributed by atoms with Gasteiger partial charge in [-0.25, -0.2) is 0 Å². The van der Waals surface area contributed by atoms with Crippen LogP contribution in [0.5, 0.6) is 0 Å². The number of rotatable bonds is 2. The number of nitrogens with zero attached hydrogens (tertiary/aromatic N) is 1. The molecule has 1 unspecified atom stereocenters. The van der Waals surface area contributed by atoms with Gasteiger partial charge in [-0.15, -0.1) is 0 Å². The molecule has 1 aromatic carbocycles. The van der Waals surface area contributed by atoms with Gasteiger partial charge in [-0.1, -0.05) is 6.07 Å². The molecule has 2 aliphatic heterocycles. The van der Waals surface area contributed by atoms with Crippen molar-refractivity contribution in [3.05, 3.63) is 29.3 Å². The Morgan fingerprint density at radius 3 is 3.17 bits per heavy atom. The summed E-state index contributed by atoms with van der Waals surface area (Å²) in [6, 6.07) is 5.98. The van der Waals surface area contributed by atoms with Crippen LogP contribution in [0.1, 0.15) is 22.3 Å². The molecule has 0 radical (unpaired) electrons. The van der Waals surface area contributed by atoms with Crippen molar-refractivity contribution in [2.24, 2.45) is 0 Å². The fourth-order valence-electron chi connectivity index (χ4n) is 2.71. The zero-order chi connectivity index (χ0) is 12.5. The van der Waals surface area contributed by atoms with Gasteiger partial charge in [-0.2, -0.15) is 0 Å². The third-order valence-corrected chi connectivity index (χ3v) is 3.83. The number of amides is 1. The molecule has 1 N–H and O–H groups in total. The molecule has 1 amide bonds. The first kappa shape index (κ1) is 11.5. The Labute approximate surface area is 107 Å². The summed E-state index contributed by atoms with van der Waals surface area (Å²) >= 11 is 0. The average Bonchev–Trinajstić information content (AvgIpc) is 3.05. The maximum atomic E-state index is 12.4. The van der Waals surface area contributed by atoms with Crippen molar-refractivity contribution in [3.63, 3.8) is 0 Å². The molecule has 1 saturated heterocycles. The largest absolute Gasteiger partial charge is 0.384 e. The molecule has 2 aliphatic rings. The van der Waals surface area contributed by atoms with Gasteiger partial charge in [0, 0.05) is 38.0 Å². The van der Waals surface area contributed by atoms with E-state index < -0.39 is 0 Å². The molecule has 18 heavy (non-hydrogen) atoms. The first-order valence-corrected chi connectivity index (χ1v) is 6.47. The maximum absolute atomic E-state index is 12.4. The summed E-state index contributed by atoms with van der Waals surface area (Å²) in [6.45, 7) is 2.48. The molecule has 0 aliphatic carbocycles. The van der Waals surface area contributed by atoms with Crippen LogP contribution in [-0.4, -0.2) is 43.7 Å². The summed E-state index contributed by atoms with van der Waals surface area (Å²) in [4.78, 5) is 14.2. The van der Waals surface area contributed by atoms with E-state index in [2.05, 4.69) is 11.4 Å². The normalized spacial score (nSPS) is 21.8. The van der Waals surface area contributed by atoms with Crippen molar-refractivity contribution in [2.75, 3.05) is 32.1 Å². The Morgan fingerprint density at radius 2 is 2.39 bits per heavy atom. The van der Waals surface area contributed by atoms with Crippen LogP contribution >= 0.6 is 0 Å². The maximum Gasteiger partial charge on any atom is 0.254 e. The minimum absolute atomic E-state index is 0.117. The highest BCUT2D eigenvalue weighted by Crippen LogP contribution is 2.24. The molecule has 1 atom stereocenters. The minimum Gasteiger partial charge on any atom is -0.384 e. The molecule has 3 rings (SSSR count). The summed E-state index contributed by atoms with van der Waals surface area (Å²) in [5.41, 5.74) is 3.20. The highest BCUT2D eigenvalue weighted by atomic mass is 16.5. The predicted molar refractivity (Wildman–Crippen MR) is 70.0 cm³/mol. The van der Waals surface area contributed by atoms with E-state index in [-0.39, 0.29) is 12.0 Å². The SMILES string of the molecule is COC1CCN(C(=O)c2ccc3c(c2)NCC3)C1. The van der Waals surface area contributed by atoms with E-state index in [1.54, 1.807) is 7.11 Å². The Balaban J connectivity index is 1.77. The van der Waals surface area contributed by atoms with E-state index in [4.69, 9.17) is 4.74 Å². The number of carbonyl (C=O) groups excluding carboxylic acids is 1. The van der Waals surface area contributed by atoms with Crippen LogP contribution in [0.15, 0.2) is 18.2 Å². The monoisotopic (exact) mass is 246 g/mol. The van der Waals surface area contributed by atoms with E-state index >= 15 is 0 Å². The van der Waals surface area contributed by atoms with Crippen LogP contribution in [0.3, 0.4) is 0 Å². The molecular weight excluding hydrogens is 228 g/mol. The first-order chi connectivity index (χ1) is 8.78. The van der Waals surface area contributed by atoms with Gasteiger partial charge in [0.05, 0.1) is 6.10 Å². The smallest absolute Gasteiger partial charge is 0.254 e. The molecule has 0 bridgehead atoms. The molecule has 2 heterocycles. The molecule has 1 aromatic rings. The second kappa shape index (κ2) is 4.61. The van der Waals surface area contributed by atoms with Gasteiger partial charge in [0.1, 0.15) is 0 Å². The standard InChI is InChI=1S/C14H18N2O2/c1-18-12-5-7-16(9-12)14(17)11-3-2-10-4-6-15-13(10)8-11/h2-3,8,12,15H,4-7,9H2,1H3. The van der Waals surface area contributed by atoms with E-state index in [1.165, 1.54) is 5.56 Å². The van der Waals surface area contributed by atoms with Crippen LogP contribution in [0, 0.1) is 0 Å². The Morgan fingerprint density at radius 1 is 1.50 bits per heavy atom. The van der Waals surface area contributed by atoms with E-state index in [9.17, 15) is 4.79 Å². The van der Waals surface area contributed by atoms with Crippen LogP contribution in [0.4, 0.5) is 5.69 Å². The van der Waals surface area contributed by atoms with E-state index in [0.717, 1.165) is 37.2 Å². The molecule has 1 fully saturated rings. The summed E-state index contributed by atoms with van der Waals surface area (Å²) < 4.78 is 5.30. The van der Waals surface area contributed by atoms with Gasteiger partial charge in [0.15, 0.2) is 0 Å². The number of ether oxygens (including phenoxy) is 1. The third-order valence-electron chi connectivity index (χ3n) is 3.83. The van der Waals surface area contributed by atoms with Crippen molar-refractivity contribution in [1.29, 1.82) is 0 Å². The molecular formula is C14H18N2O2. The van der Waals surface area contributed by atoms with Crippen LogP contribution < -0.4 is 5.32 Å². The highest BCUT2D eigenvalue weighted by molar-refractivity contribution is 5.95. The topological polar surface area (TPSA) is 41.6 Å². The van der Waals surface area contributed by atoms with Gasteiger partial charge >= 0.3 is 0 Å². The molecule has 96 valence electrons. The molecule has 0 saturated carbocycles. The number of nitrogens with one attached hydrogen (secondary N) is 1. The fraction of sp³-hybridized carbons (Fsp3) is 0.500. The quantitative estimate of drug-likeness (QED) is 0.860. The molecule has 4 heteroatoms. The van der Waals surface area contributed by atoms with Crippen LogP contribution in [-0.2, 0) is 11.2 Å². The van der Waals surface area contributed by atoms with Crippen molar-refractivity contribution in [2.45, 2.75) is 18.9 Å². The van der Waals surface area contributed by atoms with Gasteiger partial charge in [-0.05, 0) is 30.5 Å². The van der Waals surface area contributed by atoms with E-state index in [0.29, 0.717) is 6.54 Å². The van der Waals surface area contributed by atoms with Gasteiger partial charge < -0.3 is 15.0 Å². The Bertz CT molecular complexity index is 473. The molecule has 0 spiro atoms. The van der Waals surface area contributed by atoms with Crippen molar-refractivity contribution in [3.8, 4) is 0 Å². The number of hydrogen-bond acceptors (Lipinski definition) is 3. The zero-order valence-corrected chi connectivity index (χ0v) is 10.6. The predicted octanol–water partition coefficient (Wildman–Crippen LogP) is 1.52. The van der Waals surface area contributed by atoms with Crippen molar-refractivity contribution < 1.29 is 9.53 Å². The van der Waals surface area contributed by atoms with E-state index in [1.807, 2.05) is 17.0 Å². The number of fused-ring (bicyclic) bond motifs is 1. The number of likely N-dealkylation sites (tertiary alicyclic amines) is 1. The van der Waals surface area contributed by atoms with Crippen molar-refractivity contribution >= 4 is 11.6 Å². The minimum atomic E-state index is 0.117. The number of anilines is 1. The summed E-state index contributed by atoms with van der Waals surface area (Å²) in [6.07, 6.45) is 2.19. The lowest BCUT2D eigenvalue weighted by Crippen LogP contribution is -2.29. The second-order valence-electron chi connectivity index (χ2n) is 4.95. The second-order valence-corrected chi connectivity index (χ2v) is 4.95. The van der Waals surface area contributed by atoms with Crippen LogP contribution in [0.25, 0.3) is 0 Å². The first-order valence-electron chi connectivity index (χ1n) is 6.47. The average molecular weight is 246 g/mol. The summed E-state index contributed by atoms with van der Waals surface area (Å²) in [7, 11) is 1.71. The number of benzene rings is 1. The van der Waals surface area contributed by atoms with Gasteiger partial charge in [0.2, 0.25) is 0 Å². The lowest BCUT2D eigenvalue weighted by Gasteiger charge is -2.16. The zero-order valence-electron chi connectivity index (χ0n) is 10.6. The lowest BCUT2D eigenvalue weighted by atomic mass is 10.1. The van der Waals surface area contributed by atoms with Crippen LogP contribution in [0.2, 0.25) is 0 Å². The van der Waals surface area contributed by atoms with Crippen molar-refractivity contribution in [1.82, 2.24) is 4.90 Å². The summed E-state index contributed by atoms with van der Waals surface area (Å²) in [5.74, 6) is 0.117. The Kier molecular flexibility index (Phi) is 2.96.